The van der Waals surface area contributed by atoms with Gasteiger partial charge >= 0.3 is 0 Å². The summed E-state index contributed by atoms with van der Waals surface area (Å²) in [6.45, 7) is 7.64. The van der Waals surface area contributed by atoms with Gasteiger partial charge in [0.1, 0.15) is 0 Å². The average Bonchev–Trinajstić information content (AvgIpc) is 2.22. The second kappa shape index (κ2) is 4.72. The van der Waals surface area contributed by atoms with Gasteiger partial charge in [-0.25, -0.2) is 0 Å². The molecule has 1 aliphatic heterocycles. The Morgan fingerprint density at radius 2 is 2.00 bits per heavy atom. The molecule has 2 N–H and O–H groups in total. The summed E-state index contributed by atoms with van der Waals surface area (Å²) in [4.78, 5) is 12.0. The van der Waals surface area contributed by atoms with Gasteiger partial charge in [0, 0.05) is 24.4 Å². The fourth-order valence-corrected chi connectivity index (χ4v) is 1.78. The zero-order chi connectivity index (χ0) is 12.4. The van der Waals surface area contributed by atoms with Gasteiger partial charge in [0.05, 0.1) is 0 Å². The molecule has 1 aliphatic rings. The Morgan fingerprint density at radius 3 is 2.59 bits per heavy atom. The Morgan fingerprint density at radius 1 is 1.29 bits per heavy atom. The molecule has 1 heterocycles. The van der Waals surface area contributed by atoms with Crippen LogP contribution in [0.5, 0.6) is 0 Å². The number of benzene rings is 1. The van der Waals surface area contributed by atoms with Crippen LogP contribution in [-0.4, -0.2) is 19.0 Å². The number of nitrogens with one attached hydrogen (secondary N) is 2. The van der Waals surface area contributed by atoms with Gasteiger partial charge in [0.15, 0.2) is 0 Å². The van der Waals surface area contributed by atoms with Gasteiger partial charge < -0.3 is 10.6 Å². The van der Waals surface area contributed by atoms with Gasteiger partial charge in [-0.2, -0.15) is 0 Å². The molecule has 2 rings (SSSR count). The van der Waals surface area contributed by atoms with Crippen molar-refractivity contribution in [3.63, 3.8) is 0 Å². The van der Waals surface area contributed by atoms with Gasteiger partial charge in [-0.1, -0.05) is 12.1 Å². The topological polar surface area (TPSA) is 41.1 Å². The molecule has 1 amide bonds. The van der Waals surface area contributed by atoms with Crippen LogP contribution in [0.15, 0.2) is 29.3 Å². The summed E-state index contributed by atoms with van der Waals surface area (Å²) in [5.74, 6) is 0.00944. The van der Waals surface area contributed by atoms with Gasteiger partial charge in [-0.3, -0.25) is 4.79 Å². The fraction of sp³-hybridized carbons (Fsp3) is 0.357. The molecule has 0 spiro atoms. The summed E-state index contributed by atoms with van der Waals surface area (Å²) >= 11 is 0. The Bertz CT molecular complexity index is 483. The predicted molar refractivity (Wildman–Crippen MR) is 70.1 cm³/mol. The van der Waals surface area contributed by atoms with E-state index < -0.39 is 0 Å². The van der Waals surface area contributed by atoms with E-state index in [0.29, 0.717) is 0 Å². The van der Waals surface area contributed by atoms with Crippen LogP contribution in [0.1, 0.15) is 18.1 Å². The number of hydrogen-bond acceptors (Lipinski definition) is 2. The summed E-state index contributed by atoms with van der Waals surface area (Å²) in [7, 11) is 0. The highest BCUT2D eigenvalue weighted by Gasteiger charge is 2.16. The van der Waals surface area contributed by atoms with E-state index in [1.165, 1.54) is 11.1 Å². The maximum atomic E-state index is 12.0. The normalized spacial score (nSPS) is 14.2. The molecule has 3 heteroatoms. The van der Waals surface area contributed by atoms with Crippen LogP contribution in [0.3, 0.4) is 0 Å². The minimum Gasteiger partial charge on any atom is -0.322 e. The van der Waals surface area contributed by atoms with Crippen molar-refractivity contribution in [3.8, 4) is 0 Å². The van der Waals surface area contributed by atoms with E-state index in [4.69, 9.17) is 0 Å². The second-order valence-electron chi connectivity index (χ2n) is 4.53. The first-order chi connectivity index (χ1) is 8.09. The minimum atomic E-state index is 0.00944. The smallest absolute Gasteiger partial charge is 0.251 e. The van der Waals surface area contributed by atoms with E-state index in [9.17, 15) is 4.79 Å². The first-order valence-electron chi connectivity index (χ1n) is 5.86. The van der Waals surface area contributed by atoms with E-state index in [-0.39, 0.29) is 5.91 Å². The van der Waals surface area contributed by atoms with Crippen molar-refractivity contribution in [2.45, 2.75) is 20.8 Å². The molecule has 1 fully saturated rings. The summed E-state index contributed by atoms with van der Waals surface area (Å²) in [6.07, 6.45) is 0. The van der Waals surface area contributed by atoms with Crippen molar-refractivity contribution in [2.24, 2.45) is 0 Å². The Hall–Kier alpha value is -1.61. The molecule has 0 bridgehead atoms. The van der Waals surface area contributed by atoms with Gasteiger partial charge in [-0.05, 0) is 43.5 Å². The molecule has 0 unspecified atom stereocenters. The maximum absolute atomic E-state index is 12.0. The Kier molecular flexibility index (Phi) is 3.29. The van der Waals surface area contributed by atoms with E-state index in [1.54, 1.807) is 0 Å². The summed E-state index contributed by atoms with van der Waals surface area (Å²) in [5.41, 5.74) is 5.27. The molecule has 0 saturated carbocycles. The lowest BCUT2D eigenvalue weighted by molar-refractivity contribution is -0.112. The molecule has 90 valence electrons. The maximum Gasteiger partial charge on any atom is 0.251 e. The number of rotatable bonds is 2. The predicted octanol–water partition coefficient (Wildman–Crippen LogP) is 2.16. The SMILES string of the molecule is CC(C(=O)Nc1cccc(C)c1C)=C1CNC1. The first-order valence-corrected chi connectivity index (χ1v) is 5.86. The van der Waals surface area contributed by atoms with Crippen LogP contribution in [0.25, 0.3) is 0 Å². The number of carbonyl (C=O) groups excluding carboxylic acids is 1. The Balaban J connectivity index is 2.16. The van der Waals surface area contributed by atoms with Crippen LogP contribution >= 0.6 is 0 Å². The summed E-state index contributed by atoms with van der Waals surface area (Å²) in [5, 5.41) is 6.12. The van der Waals surface area contributed by atoms with E-state index >= 15 is 0 Å². The summed E-state index contributed by atoms with van der Waals surface area (Å²) in [6, 6.07) is 5.95. The van der Waals surface area contributed by atoms with Gasteiger partial charge in [0.2, 0.25) is 0 Å². The average molecular weight is 230 g/mol. The standard InChI is InChI=1S/C14H18N2O/c1-9-5-4-6-13(10(9)2)16-14(17)11(3)12-7-15-8-12/h4-6,15H,7-8H2,1-3H3,(H,16,17). The minimum absolute atomic E-state index is 0.00944. The van der Waals surface area contributed by atoms with Crippen LogP contribution in [-0.2, 0) is 4.79 Å². The largest absolute Gasteiger partial charge is 0.322 e. The Labute approximate surface area is 102 Å². The summed E-state index contributed by atoms with van der Waals surface area (Å²) < 4.78 is 0. The van der Waals surface area contributed by atoms with Crippen molar-refractivity contribution in [1.29, 1.82) is 0 Å². The van der Waals surface area contributed by atoms with E-state index in [1.807, 2.05) is 39.0 Å². The number of hydrogen-bond donors (Lipinski definition) is 2. The molecule has 1 aromatic carbocycles. The van der Waals surface area contributed by atoms with Crippen LogP contribution < -0.4 is 10.6 Å². The third-order valence-corrected chi connectivity index (χ3v) is 3.40. The first kappa shape index (κ1) is 11.9. The third-order valence-electron chi connectivity index (χ3n) is 3.40. The second-order valence-corrected chi connectivity index (χ2v) is 4.53. The van der Waals surface area contributed by atoms with Gasteiger partial charge in [0.25, 0.3) is 5.91 Å². The molecule has 1 saturated heterocycles. The lowest BCUT2D eigenvalue weighted by Crippen LogP contribution is -2.36. The van der Waals surface area contributed by atoms with Crippen LogP contribution in [0, 0.1) is 13.8 Å². The fourth-order valence-electron chi connectivity index (χ4n) is 1.78. The van der Waals surface area contributed by atoms with E-state index in [2.05, 4.69) is 10.6 Å². The number of anilines is 1. The van der Waals surface area contributed by atoms with Crippen LogP contribution in [0.4, 0.5) is 5.69 Å². The molecule has 0 atom stereocenters. The number of aryl methyl sites for hydroxylation is 1. The zero-order valence-electron chi connectivity index (χ0n) is 10.6. The highest BCUT2D eigenvalue weighted by molar-refractivity contribution is 6.04. The number of amides is 1. The van der Waals surface area contributed by atoms with Crippen LogP contribution in [0.2, 0.25) is 0 Å². The van der Waals surface area contributed by atoms with Crippen molar-refractivity contribution in [2.75, 3.05) is 18.4 Å². The van der Waals surface area contributed by atoms with Crippen molar-refractivity contribution in [3.05, 3.63) is 40.5 Å². The molecule has 17 heavy (non-hydrogen) atoms. The van der Waals surface area contributed by atoms with E-state index in [0.717, 1.165) is 29.9 Å². The molecule has 1 aromatic rings. The molecular weight excluding hydrogens is 212 g/mol. The van der Waals surface area contributed by atoms with Gasteiger partial charge in [-0.15, -0.1) is 0 Å². The lowest BCUT2D eigenvalue weighted by atomic mass is 10.0. The molecule has 3 nitrogen and oxygen atoms in total. The highest BCUT2D eigenvalue weighted by atomic mass is 16.1. The highest BCUT2D eigenvalue weighted by Crippen LogP contribution is 2.19. The van der Waals surface area contributed by atoms with Crippen molar-refractivity contribution >= 4 is 11.6 Å². The number of carbonyl (C=O) groups is 1. The molecule has 0 aliphatic carbocycles. The molecule has 0 radical (unpaired) electrons. The molecule has 0 aromatic heterocycles. The quantitative estimate of drug-likeness (QED) is 0.764. The third kappa shape index (κ3) is 2.39. The zero-order valence-corrected chi connectivity index (χ0v) is 10.6. The monoisotopic (exact) mass is 230 g/mol. The molecular formula is C14H18N2O. The van der Waals surface area contributed by atoms with Crippen molar-refractivity contribution in [1.82, 2.24) is 5.32 Å². The lowest BCUT2D eigenvalue weighted by Gasteiger charge is -2.21. The van der Waals surface area contributed by atoms with Crippen molar-refractivity contribution < 1.29 is 4.79 Å².